The van der Waals surface area contributed by atoms with Crippen molar-refractivity contribution < 1.29 is 14.1 Å². The molecule has 2 aliphatic heterocycles. The Morgan fingerprint density at radius 3 is 2.57 bits per heavy atom. The molecule has 188 valence electrons. The van der Waals surface area contributed by atoms with E-state index in [0.717, 1.165) is 42.8 Å². The van der Waals surface area contributed by atoms with Gasteiger partial charge in [0.2, 0.25) is 0 Å². The van der Waals surface area contributed by atoms with Crippen molar-refractivity contribution in [3.63, 3.8) is 0 Å². The number of aromatic nitrogens is 1. The molecule has 2 fully saturated rings. The van der Waals surface area contributed by atoms with E-state index in [0.29, 0.717) is 51.5 Å². The van der Waals surface area contributed by atoms with E-state index < -0.39 is 0 Å². The predicted octanol–water partition coefficient (Wildman–Crippen LogP) is 7.27. The van der Waals surface area contributed by atoms with E-state index in [1.807, 2.05) is 11.0 Å². The summed E-state index contributed by atoms with van der Waals surface area (Å²) in [6, 6.07) is 14.2. The van der Waals surface area contributed by atoms with Gasteiger partial charge in [0.1, 0.15) is 18.1 Å². The minimum atomic E-state index is -0.141. The molecule has 2 atom stereocenters. The van der Waals surface area contributed by atoms with Gasteiger partial charge in [-0.05, 0) is 68.2 Å². The zero-order valence-corrected chi connectivity index (χ0v) is 21.4. The number of amides is 2. The first-order chi connectivity index (χ1) is 18.0. The highest BCUT2D eigenvalue weighted by Crippen LogP contribution is 2.46. The summed E-state index contributed by atoms with van der Waals surface area (Å²) in [5.74, 6) is 2.06. The zero-order valence-electron chi connectivity index (χ0n) is 19.9. The number of nitriles is 1. The number of nitrogens with zero attached hydrogens (tertiary/aromatic N) is 3. The number of carbonyl (C=O) groups is 1. The van der Waals surface area contributed by atoms with Crippen LogP contribution in [0.25, 0.3) is 11.3 Å². The van der Waals surface area contributed by atoms with Crippen LogP contribution in [0.3, 0.4) is 0 Å². The van der Waals surface area contributed by atoms with E-state index in [-0.39, 0.29) is 18.1 Å². The van der Waals surface area contributed by atoms with Crippen LogP contribution in [0, 0.1) is 11.3 Å². The van der Waals surface area contributed by atoms with Gasteiger partial charge in [0.15, 0.2) is 0 Å². The van der Waals surface area contributed by atoms with Crippen LogP contribution in [0.15, 0.2) is 58.8 Å². The average Bonchev–Trinajstić information content (AvgIpc) is 3.60. The van der Waals surface area contributed by atoms with Gasteiger partial charge in [-0.2, -0.15) is 5.26 Å². The lowest BCUT2D eigenvalue weighted by Crippen LogP contribution is -2.45. The lowest BCUT2D eigenvalue weighted by atomic mass is 10.0. The minimum absolute atomic E-state index is 0.0324. The predicted molar refractivity (Wildman–Crippen MR) is 140 cm³/mol. The van der Waals surface area contributed by atoms with Crippen LogP contribution in [0.2, 0.25) is 10.0 Å². The molecule has 2 unspecified atom stereocenters. The summed E-state index contributed by atoms with van der Waals surface area (Å²) in [6.07, 6.45) is 6.62. The second kappa shape index (κ2) is 9.77. The zero-order chi connectivity index (χ0) is 25.5. The molecule has 0 spiro atoms. The molecule has 2 amide bonds. The third-order valence-electron chi connectivity index (χ3n) is 7.23. The molecule has 1 aromatic heterocycles. The van der Waals surface area contributed by atoms with Crippen LogP contribution in [-0.4, -0.2) is 28.2 Å². The number of nitrogens with one attached hydrogen (secondary N) is 1. The van der Waals surface area contributed by atoms with Crippen molar-refractivity contribution in [1.29, 1.82) is 5.26 Å². The maximum atomic E-state index is 13.1. The molecule has 1 aliphatic carbocycles. The second-order valence-electron chi connectivity index (χ2n) is 9.70. The molecule has 0 radical (unpaired) electrons. The Morgan fingerprint density at radius 1 is 1.14 bits per heavy atom. The lowest BCUT2D eigenvalue weighted by molar-refractivity contribution is 0.141. The first kappa shape index (κ1) is 23.9. The number of anilines is 1. The first-order valence-electron chi connectivity index (χ1n) is 12.4. The van der Waals surface area contributed by atoms with Crippen molar-refractivity contribution in [3.05, 3.63) is 81.2 Å². The summed E-state index contributed by atoms with van der Waals surface area (Å²) in [5.41, 5.74) is 3.38. The van der Waals surface area contributed by atoms with E-state index in [9.17, 15) is 4.79 Å². The number of hydrogen-bond donors (Lipinski definition) is 1. The van der Waals surface area contributed by atoms with Gasteiger partial charge in [0.25, 0.3) is 0 Å². The summed E-state index contributed by atoms with van der Waals surface area (Å²) in [4.78, 5) is 15.0. The first-order valence-corrected chi connectivity index (χ1v) is 13.1. The number of rotatable bonds is 6. The van der Waals surface area contributed by atoms with Crippen molar-refractivity contribution in [2.24, 2.45) is 0 Å². The fraction of sp³-hybridized carbons (Fsp3) is 0.321. The molecule has 3 heterocycles. The molecule has 3 aromatic rings. The number of benzene rings is 2. The fourth-order valence-electron chi connectivity index (χ4n) is 5.24. The smallest absolute Gasteiger partial charge is 0.322 e. The molecular formula is C28H24Cl2N4O3. The number of fused-ring (bicyclic) bond motifs is 2. The molecule has 1 saturated carbocycles. The van der Waals surface area contributed by atoms with Crippen LogP contribution < -0.4 is 5.32 Å². The Labute approximate surface area is 224 Å². The second-order valence-corrected chi connectivity index (χ2v) is 10.5. The minimum Gasteiger partial charge on any atom is -0.493 e. The number of urea groups is 1. The molecule has 6 rings (SSSR count). The fourth-order valence-corrected chi connectivity index (χ4v) is 5.82. The molecule has 1 N–H and O–H groups in total. The molecule has 7 nitrogen and oxygen atoms in total. The normalized spacial score (nSPS) is 20.4. The summed E-state index contributed by atoms with van der Waals surface area (Å²) in [5, 5.41) is 17.3. The SMILES string of the molecule is N#Cc1ccc(NC(=O)N2C3C=C(OCc4c(-c5c(Cl)cccc5Cl)noc4C4CC4)CC2CC3)cc1. The molecule has 9 heteroatoms. The Balaban J connectivity index is 1.18. The highest BCUT2D eigenvalue weighted by atomic mass is 35.5. The van der Waals surface area contributed by atoms with Crippen molar-refractivity contribution in [1.82, 2.24) is 10.1 Å². The Morgan fingerprint density at radius 2 is 1.89 bits per heavy atom. The van der Waals surface area contributed by atoms with Crippen molar-refractivity contribution in [2.45, 2.75) is 56.7 Å². The Bertz CT molecular complexity index is 1400. The molecular weight excluding hydrogens is 511 g/mol. The molecule has 2 aromatic carbocycles. The van der Waals surface area contributed by atoms with E-state index in [2.05, 4.69) is 16.5 Å². The lowest BCUT2D eigenvalue weighted by Gasteiger charge is -2.33. The van der Waals surface area contributed by atoms with Gasteiger partial charge in [-0.15, -0.1) is 0 Å². The van der Waals surface area contributed by atoms with Gasteiger partial charge in [-0.3, -0.25) is 0 Å². The quantitative estimate of drug-likeness (QED) is 0.359. The van der Waals surface area contributed by atoms with Crippen molar-refractivity contribution >= 4 is 34.9 Å². The third kappa shape index (κ3) is 4.68. The van der Waals surface area contributed by atoms with Crippen molar-refractivity contribution in [2.75, 3.05) is 5.32 Å². The van der Waals surface area contributed by atoms with Gasteiger partial charge in [-0.25, -0.2) is 4.79 Å². The van der Waals surface area contributed by atoms with E-state index in [1.54, 1.807) is 42.5 Å². The number of ether oxygens (including phenoxy) is 1. The number of hydrogen-bond acceptors (Lipinski definition) is 5. The monoisotopic (exact) mass is 534 g/mol. The van der Waals surface area contributed by atoms with Gasteiger partial charge >= 0.3 is 6.03 Å². The number of halogens is 2. The highest BCUT2D eigenvalue weighted by molar-refractivity contribution is 6.39. The summed E-state index contributed by atoms with van der Waals surface area (Å²) in [7, 11) is 0. The van der Waals surface area contributed by atoms with Crippen molar-refractivity contribution in [3.8, 4) is 17.3 Å². The third-order valence-corrected chi connectivity index (χ3v) is 7.86. The van der Waals surface area contributed by atoms with Crippen LogP contribution in [0.4, 0.5) is 10.5 Å². The van der Waals surface area contributed by atoms with Crippen LogP contribution in [0.1, 0.15) is 54.9 Å². The van der Waals surface area contributed by atoms with Crippen LogP contribution >= 0.6 is 23.2 Å². The summed E-state index contributed by atoms with van der Waals surface area (Å²) < 4.78 is 12.1. The molecule has 2 bridgehead atoms. The Kier molecular flexibility index (Phi) is 6.31. The average molecular weight is 535 g/mol. The maximum Gasteiger partial charge on any atom is 0.322 e. The molecule has 3 aliphatic rings. The molecule has 37 heavy (non-hydrogen) atoms. The van der Waals surface area contributed by atoms with Crippen LogP contribution in [-0.2, 0) is 11.3 Å². The summed E-state index contributed by atoms with van der Waals surface area (Å²) >= 11 is 13.0. The van der Waals surface area contributed by atoms with E-state index in [4.69, 9.17) is 37.7 Å². The Hall–Kier alpha value is -3.47. The van der Waals surface area contributed by atoms with Crippen LogP contribution in [0.5, 0.6) is 0 Å². The van der Waals surface area contributed by atoms with E-state index >= 15 is 0 Å². The summed E-state index contributed by atoms with van der Waals surface area (Å²) in [6.45, 7) is 0.301. The largest absolute Gasteiger partial charge is 0.493 e. The topological polar surface area (TPSA) is 91.4 Å². The van der Waals surface area contributed by atoms with Gasteiger partial charge in [0.05, 0.1) is 39.0 Å². The van der Waals surface area contributed by atoms with E-state index in [1.165, 1.54) is 0 Å². The standard InChI is InChI=1S/C28H24Cl2N4O3/c29-23-2-1-3-24(30)25(23)26-22(27(37-33-26)17-6-7-17)15-36-21-12-19-10-11-20(13-21)34(19)28(35)32-18-8-4-16(14-31)5-9-18/h1-5,8-9,12,17,19-20H,6-7,10-11,13,15H2,(H,32,35). The van der Waals surface area contributed by atoms with Gasteiger partial charge in [0, 0.05) is 29.6 Å². The van der Waals surface area contributed by atoms with Gasteiger partial charge in [-0.1, -0.05) is 34.4 Å². The molecule has 1 saturated heterocycles. The highest BCUT2D eigenvalue weighted by Gasteiger charge is 2.41. The number of carbonyl (C=O) groups excluding carboxylic acids is 1. The van der Waals surface area contributed by atoms with Gasteiger partial charge < -0.3 is 19.5 Å². The maximum absolute atomic E-state index is 13.1.